The third kappa shape index (κ3) is 5.07. The SMILES string of the molecule is CCOC(=O)NC(=O)c1cc(F)sc1NC(=O)c1ccnc(CCN)c1. The van der Waals surface area contributed by atoms with Crippen LogP contribution in [0.5, 0.6) is 0 Å². The Labute approximate surface area is 152 Å². The monoisotopic (exact) mass is 380 g/mol. The van der Waals surface area contributed by atoms with Gasteiger partial charge in [-0.3, -0.25) is 19.9 Å². The fourth-order valence-electron chi connectivity index (χ4n) is 2.03. The number of thiophene rings is 1. The van der Waals surface area contributed by atoms with E-state index in [9.17, 15) is 18.8 Å². The average molecular weight is 380 g/mol. The number of rotatable bonds is 6. The summed E-state index contributed by atoms with van der Waals surface area (Å²) in [7, 11) is 0. The fourth-order valence-corrected chi connectivity index (χ4v) is 2.81. The molecular weight excluding hydrogens is 363 g/mol. The molecule has 2 heterocycles. The van der Waals surface area contributed by atoms with Crippen LogP contribution in [0.4, 0.5) is 14.2 Å². The van der Waals surface area contributed by atoms with Gasteiger partial charge in [-0.25, -0.2) is 4.79 Å². The first-order valence-electron chi connectivity index (χ1n) is 7.68. The number of carbonyl (C=O) groups is 3. The van der Waals surface area contributed by atoms with Crippen LogP contribution in [0.2, 0.25) is 0 Å². The molecule has 10 heteroatoms. The van der Waals surface area contributed by atoms with Gasteiger partial charge in [0.1, 0.15) is 5.00 Å². The van der Waals surface area contributed by atoms with Crippen LogP contribution in [-0.4, -0.2) is 36.0 Å². The topological polar surface area (TPSA) is 123 Å². The number of hydrogen-bond donors (Lipinski definition) is 3. The van der Waals surface area contributed by atoms with Crippen LogP contribution in [0.25, 0.3) is 0 Å². The van der Waals surface area contributed by atoms with Crippen LogP contribution in [0, 0.1) is 5.13 Å². The summed E-state index contributed by atoms with van der Waals surface area (Å²) in [6.07, 6.45) is 1.01. The van der Waals surface area contributed by atoms with Crippen LogP contribution in [0.15, 0.2) is 24.4 Å². The maximum Gasteiger partial charge on any atom is 0.414 e. The summed E-state index contributed by atoms with van der Waals surface area (Å²) in [4.78, 5) is 39.9. The number of nitrogens with two attached hydrogens (primary N) is 1. The fraction of sp³-hybridized carbons (Fsp3) is 0.250. The van der Waals surface area contributed by atoms with Gasteiger partial charge in [0, 0.05) is 29.9 Å². The highest BCUT2D eigenvalue weighted by molar-refractivity contribution is 7.15. The smallest absolute Gasteiger partial charge is 0.414 e. The molecule has 0 aliphatic heterocycles. The molecule has 0 saturated carbocycles. The predicted octanol–water partition coefficient (Wildman–Crippen LogP) is 1.92. The number of alkyl carbamates (subject to hydrolysis) is 1. The van der Waals surface area contributed by atoms with Gasteiger partial charge < -0.3 is 15.8 Å². The molecule has 0 aromatic carbocycles. The highest BCUT2D eigenvalue weighted by atomic mass is 32.1. The lowest BCUT2D eigenvalue weighted by Crippen LogP contribution is -2.31. The van der Waals surface area contributed by atoms with Gasteiger partial charge in [-0.2, -0.15) is 4.39 Å². The van der Waals surface area contributed by atoms with Gasteiger partial charge in [0.15, 0.2) is 5.13 Å². The summed E-state index contributed by atoms with van der Waals surface area (Å²) in [5.41, 5.74) is 6.21. The lowest BCUT2D eigenvalue weighted by molar-refractivity contribution is 0.0926. The molecule has 0 spiro atoms. The third-order valence-corrected chi connectivity index (χ3v) is 3.98. The van der Waals surface area contributed by atoms with E-state index < -0.39 is 23.0 Å². The summed E-state index contributed by atoms with van der Waals surface area (Å²) in [5, 5.41) is 3.72. The van der Waals surface area contributed by atoms with Crippen molar-refractivity contribution < 1.29 is 23.5 Å². The van der Waals surface area contributed by atoms with E-state index in [1.54, 1.807) is 13.0 Å². The number of ether oxygens (including phenoxy) is 1. The standard InChI is InChI=1S/C16H17FN4O4S/c1-2-25-16(24)21-14(23)11-8-12(17)26-15(11)20-13(22)9-4-6-19-10(7-9)3-5-18/h4,6-8H,2-3,5,18H2,1H3,(H,20,22)(H,21,23,24). The molecule has 2 rings (SSSR count). The van der Waals surface area contributed by atoms with Gasteiger partial charge in [0.2, 0.25) is 0 Å². The lowest BCUT2D eigenvalue weighted by atomic mass is 10.2. The number of anilines is 1. The van der Waals surface area contributed by atoms with E-state index >= 15 is 0 Å². The number of hydrogen-bond acceptors (Lipinski definition) is 7. The minimum absolute atomic E-state index is 0.0218. The summed E-state index contributed by atoms with van der Waals surface area (Å²) in [6.45, 7) is 2.04. The number of amides is 3. The number of halogens is 1. The second-order valence-electron chi connectivity index (χ2n) is 5.00. The number of nitrogens with one attached hydrogen (secondary N) is 2. The van der Waals surface area contributed by atoms with Crippen molar-refractivity contribution in [2.45, 2.75) is 13.3 Å². The molecule has 2 aromatic rings. The molecule has 138 valence electrons. The van der Waals surface area contributed by atoms with Crippen molar-refractivity contribution >= 4 is 34.2 Å². The molecule has 0 saturated heterocycles. The zero-order chi connectivity index (χ0) is 19.1. The maximum atomic E-state index is 13.6. The van der Waals surface area contributed by atoms with Gasteiger partial charge in [0.25, 0.3) is 11.8 Å². The lowest BCUT2D eigenvalue weighted by Gasteiger charge is -2.07. The molecule has 0 unspecified atom stereocenters. The first-order valence-corrected chi connectivity index (χ1v) is 8.50. The highest BCUT2D eigenvalue weighted by Crippen LogP contribution is 2.27. The Balaban J connectivity index is 2.16. The molecule has 0 aliphatic rings. The molecule has 0 bridgehead atoms. The van der Waals surface area contributed by atoms with Crippen molar-refractivity contribution in [1.29, 1.82) is 0 Å². The van der Waals surface area contributed by atoms with Crippen molar-refractivity contribution in [3.05, 3.63) is 46.3 Å². The molecule has 4 N–H and O–H groups in total. The van der Waals surface area contributed by atoms with Crippen LogP contribution in [0.1, 0.15) is 33.3 Å². The summed E-state index contributed by atoms with van der Waals surface area (Å²) >= 11 is 0.573. The van der Waals surface area contributed by atoms with E-state index in [2.05, 4.69) is 15.0 Å². The van der Waals surface area contributed by atoms with E-state index in [1.165, 1.54) is 12.3 Å². The molecule has 3 amide bonds. The van der Waals surface area contributed by atoms with Crippen LogP contribution in [0.3, 0.4) is 0 Å². The van der Waals surface area contributed by atoms with Gasteiger partial charge in [-0.15, -0.1) is 0 Å². The minimum Gasteiger partial charge on any atom is -0.450 e. The first-order chi connectivity index (χ1) is 12.4. The van der Waals surface area contributed by atoms with E-state index in [1.807, 2.05) is 5.32 Å². The van der Waals surface area contributed by atoms with E-state index in [-0.39, 0.29) is 22.7 Å². The molecule has 26 heavy (non-hydrogen) atoms. The number of carbonyl (C=O) groups excluding carboxylic acids is 3. The number of pyridine rings is 1. The zero-order valence-electron chi connectivity index (χ0n) is 13.9. The van der Waals surface area contributed by atoms with E-state index in [0.29, 0.717) is 30.0 Å². The molecular formula is C16H17FN4O4S. The van der Waals surface area contributed by atoms with Gasteiger partial charge in [-0.05, 0) is 25.6 Å². The van der Waals surface area contributed by atoms with Crippen molar-refractivity contribution in [3.63, 3.8) is 0 Å². The molecule has 0 aliphatic carbocycles. The van der Waals surface area contributed by atoms with Crippen LogP contribution >= 0.6 is 11.3 Å². The highest BCUT2D eigenvalue weighted by Gasteiger charge is 2.21. The van der Waals surface area contributed by atoms with Crippen LogP contribution < -0.4 is 16.4 Å². The van der Waals surface area contributed by atoms with Crippen molar-refractivity contribution in [2.24, 2.45) is 5.73 Å². The zero-order valence-corrected chi connectivity index (χ0v) is 14.7. The Hall–Kier alpha value is -2.85. The normalized spacial score (nSPS) is 10.3. The van der Waals surface area contributed by atoms with E-state index in [0.717, 1.165) is 6.07 Å². The second-order valence-corrected chi connectivity index (χ2v) is 6.00. The maximum absolute atomic E-state index is 13.6. The summed E-state index contributed by atoms with van der Waals surface area (Å²) < 4.78 is 18.2. The predicted molar refractivity (Wildman–Crippen MR) is 93.7 cm³/mol. The molecule has 0 radical (unpaired) electrons. The van der Waals surface area contributed by atoms with Gasteiger partial charge >= 0.3 is 6.09 Å². The Kier molecular flexibility index (Phi) is 6.75. The van der Waals surface area contributed by atoms with Crippen molar-refractivity contribution in [3.8, 4) is 0 Å². The second kappa shape index (κ2) is 9.02. The Morgan fingerprint density at radius 1 is 1.31 bits per heavy atom. The molecule has 0 atom stereocenters. The average Bonchev–Trinajstić information content (AvgIpc) is 2.96. The van der Waals surface area contributed by atoms with Gasteiger partial charge in [-0.1, -0.05) is 11.3 Å². The number of nitrogens with zero attached hydrogens (tertiary/aromatic N) is 1. The van der Waals surface area contributed by atoms with Gasteiger partial charge in [0.05, 0.1) is 12.2 Å². The summed E-state index contributed by atoms with van der Waals surface area (Å²) in [5.74, 6) is -1.42. The quantitative estimate of drug-likeness (QED) is 0.703. The Morgan fingerprint density at radius 3 is 2.77 bits per heavy atom. The largest absolute Gasteiger partial charge is 0.450 e. The molecule has 0 fully saturated rings. The summed E-state index contributed by atoms with van der Waals surface area (Å²) in [6, 6.07) is 3.98. The minimum atomic E-state index is -0.957. The number of aromatic nitrogens is 1. The first kappa shape index (κ1) is 19.5. The molecule has 2 aromatic heterocycles. The van der Waals surface area contributed by atoms with Crippen molar-refractivity contribution in [1.82, 2.24) is 10.3 Å². The number of imide groups is 1. The Morgan fingerprint density at radius 2 is 2.08 bits per heavy atom. The van der Waals surface area contributed by atoms with Crippen molar-refractivity contribution in [2.75, 3.05) is 18.5 Å². The van der Waals surface area contributed by atoms with E-state index in [4.69, 9.17) is 5.73 Å². The Bertz CT molecular complexity index is 824. The third-order valence-electron chi connectivity index (χ3n) is 3.14. The van der Waals surface area contributed by atoms with Crippen LogP contribution in [-0.2, 0) is 11.2 Å². The molecule has 8 nitrogen and oxygen atoms in total.